The zero-order valence-electron chi connectivity index (χ0n) is 32.2. The Bertz CT molecular complexity index is 3830. The van der Waals surface area contributed by atoms with Gasteiger partial charge in [-0.2, -0.15) is 0 Å². The summed E-state index contributed by atoms with van der Waals surface area (Å²) in [5, 5.41) is 10.2. The minimum Gasteiger partial charge on any atom is -0.308 e. The number of para-hydroxylation sites is 2. The van der Waals surface area contributed by atoms with Gasteiger partial charge in [0.1, 0.15) is 0 Å². The Morgan fingerprint density at radius 1 is 0.350 bits per heavy atom. The second-order valence-corrected chi connectivity index (χ2v) is 16.6. The molecule has 4 nitrogen and oxygen atoms in total. The lowest BCUT2D eigenvalue weighted by Crippen LogP contribution is -2.00. The van der Waals surface area contributed by atoms with Crippen LogP contribution in [0.5, 0.6) is 0 Å². The molecule has 9 aromatic carbocycles. The van der Waals surface area contributed by atoms with Crippen molar-refractivity contribution >= 4 is 80.4 Å². The summed E-state index contributed by atoms with van der Waals surface area (Å²) in [5.74, 6) is 1.95. The Hall–Kier alpha value is -7.73. The maximum atomic E-state index is 5.08. The molecule has 0 fully saturated rings. The number of hydrogen-bond donors (Lipinski definition) is 0. The van der Waals surface area contributed by atoms with Crippen LogP contribution in [0.2, 0.25) is 0 Å². The average molecular weight is 781 g/mol. The van der Waals surface area contributed by atoms with E-state index in [1.54, 1.807) is 0 Å². The van der Waals surface area contributed by atoms with Gasteiger partial charge in [-0.25, -0.2) is 15.0 Å². The summed E-state index contributed by atoms with van der Waals surface area (Å²) in [6, 6.07) is 69.6. The number of thiophene rings is 1. The van der Waals surface area contributed by atoms with Crippen LogP contribution in [-0.2, 0) is 0 Å². The van der Waals surface area contributed by atoms with Gasteiger partial charge >= 0.3 is 0 Å². The highest BCUT2D eigenvalue weighted by molar-refractivity contribution is 7.26. The fourth-order valence-electron chi connectivity index (χ4n) is 9.37. The lowest BCUT2D eigenvalue weighted by Gasteiger charge is -2.11. The van der Waals surface area contributed by atoms with E-state index < -0.39 is 0 Å². The molecule has 0 N–H and O–H groups in total. The summed E-state index contributed by atoms with van der Waals surface area (Å²) < 4.78 is 5.14. The molecule has 0 atom stereocenters. The van der Waals surface area contributed by atoms with Crippen LogP contribution in [0, 0.1) is 0 Å². The highest BCUT2D eigenvalue weighted by Crippen LogP contribution is 2.49. The molecule has 4 heterocycles. The topological polar surface area (TPSA) is 43.1 Å². The van der Waals surface area contributed by atoms with Gasteiger partial charge in [-0.1, -0.05) is 164 Å². The van der Waals surface area contributed by atoms with E-state index in [1.165, 1.54) is 74.8 Å². The number of aromatic nitrogens is 4. The molecule has 0 aliphatic heterocycles. The summed E-state index contributed by atoms with van der Waals surface area (Å²) in [6.07, 6.45) is 0. The van der Waals surface area contributed by atoms with Crippen molar-refractivity contribution in [2.75, 3.05) is 0 Å². The highest BCUT2D eigenvalue weighted by atomic mass is 32.1. The summed E-state index contributed by atoms with van der Waals surface area (Å²) in [4.78, 5) is 15.1. The lowest BCUT2D eigenvalue weighted by atomic mass is 9.96. The maximum Gasteiger partial charge on any atom is 0.164 e. The van der Waals surface area contributed by atoms with E-state index in [0.29, 0.717) is 17.5 Å². The Labute approximate surface area is 348 Å². The van der Waals surface area contributed by atoms with Gasteiger partial charge in [-0.15, -0.1) is 11.3 Å². The molecule has 0 saturated heterocycles. The molecule has 0 amide bonds. The standard InChI is InChI=1S/C55H32N4S/c1-2-12-36(13-3-1)53-56-54(58-55(57-53)40-26-23-33-11-4-5-14-37(33)32-40)39-16-10-15-38(31-39)34-21-24-35(25-22-34)41-27-28-44-42-17-6-8-19-46(42)59-47-20-9-7-18-43(47)45-29-30-48-50(51(45)59)49(44)52(41)60-48/h1-32H. The first-order valence-corrected chi connectivity index (χ1v) is 21.1. The molecule has 4 aromatic heterocycles. The predicted octanol–water partition coefficient (Wildman–Crippen LogP) is 14.9. The summed E-state index contributed by atoms with van der Waals surface area (Å²) in [6.45, 7) is 0. The fourth-order valence-corrected chi connectivity index (χ4v) is 10.6. The summed E-state index contributed by atoms with van der Waals surface area (Å²) in [7, 11) is 0. The van der Waals surface area contributed by atoms with Gasteiger partial charge in [0.05, 0.1) is 16.6 Å². The third-order valence-corrected chi connectivity index (χ3v) is 13.4. The third kappa shape index (κ3) is 5.00. The molecule has 13 aromatic rings. The number of hydrogen-bond acceptors (Lipinski definition) is 4. The number of rotatable bonds is 5. The van der Waals surface area contributed by atoms with Crippen LogP contribution in [0.25, 0.3) is 125 Å². The summed E-state index contributed by atoms with van der Waals surface area (Å²) in [5.41, 5.74) is 11.3. The third-order valence-electron chi connectivity index (χ3n) is 12.2. The van der Waals surface area contributed by atoms with Crippen molar-refractivity contribution in [1.29, 1.82) is 0 Å². The normalized spacial score (nSPS) is 12.0. The smallest absolute Gasteiger partial charge is 0.164 e. The van der Waals surface area contributed by atoms with Crippen molar-refractivity contribution in [3.8, 4) is 56.4 Å². The van der Waals surface area contributed by atoms with Crippen molar-refractivity contribution in [1.82, 2.24) is 19.4 Å². The first kappa shape index (κ1) is 33.3. The summed E-state index contributed by atoms with van der Waals surface area (Å²) >= 11 is 1.91. The predicted molar refractivity (Wildman–Crippen MR) is 252 cm³/mol. The fraction of sp³-hybridized carbons (Fsp3) is 0. The van der Waals surface area contributed by atoms with Crippen LogP contribution in [0.4, 0.5) is 0 Å². The Morgan fingerprint density at radius 2 is 0.933 bits per heavy atom. The maximum absolute atomic E-state index is 5.08. The van der Waals surface area contributed by atoms with E-state index in [-0.39, 0.29) is 0 Å². The van der Waals surface area contributed by atoms with Gasteiger partial charge in [0.2, 0.25) is 0 Å². The molecule has 60 heavy (non-hydrogen) atoms. The molecule has 0 spiro atoms. The van der Waals surface area contributed by atoms with Gasteiger partial charge in [0, 0.05) is 53.0 Å². The molecule has 0 saturated carbocycles. The van der Waals surface area contributed by atoms with Crippen molar-refractivity contribution in [2.24, 2.45) is 0 Å². The van der Waals surface area contributed by atoms with E-state index in [4.69, 9.17) is 15.0 Å². The first-order valence-electron chi connectivity index (χ1n) is 20.3. The van der Waals surface area contributed by atoms with E-state index in [1.807, 2.05) is 41.7 Å². The Kier molecular flexibility index (Phi) is 7.14. The van der Waals surface area contributed by atoms with Gasteiger partial charge in [0.25, 0.3) is 0 Å². The lowest BCUT2D eigenvalue weighted by molar-refractivity contribution is 1.07. The molecule has 5 heteroatoms. The second kappa shape index (κ2) is 12.9. The van der Waals surface area contributed by atoms with Crippen LogP contribution in [0.1, 0.15) is 0 Å². The van der Waals surface area contributed by atoms with E-state index in [9.17, 15) is 0 Å². The quantitative estimate of drug-likeness (QED) is 0.175. The van der Waals surface area contributed by atoms with Crippen molar-refractivity contribution in [3.63, 3.8) is 0 Å². The molecule has 13 rings (SSSR count). The number of fused-ring (bicyclic) bond motifs is 7. The molecule has 0 aliphatic rings. The minimum absolute atomic E-state index is 0.643. The molecule has 278 valence electrons. The van der Waals surface area contributed by atoms with Crippen LogP contribution >= 0.6 is 11.3 Å². The van der Waals surface area contributed by atoms with Crippen LogP contribution < -0.4 is 0 Å². The zero-order chi connectivity index (χ0) is 39.3. The Balaban J connectivity index is 0.929. The van der Waals surface area contributed by atoms with Crippen molar-refractivity contribution < 1.29 is 0 Å². The van der Waals surface area contributed by atoms with Crippen molar-refractivity contribution in [3.05, 3.63) is 194 Å². The monoisotopic (exact) mass is 780 g/mol. The molecular formula is C55H32N4S. The number of benzene rings is 9. The van der Waals surface area contributed by atoms with E-state index in [0.717, 1.165) is 33.2 Å². The SMILES string of the molecule is c1ccc(-c2nc(-c3cccc(-c4ccc(-c5ccc6c7ccccc7n7c8ccccc8c8ccc9sc5c6c9c87)cc4)c3)nc(-c3ccc4ccccc4c3)n2)cc1. The largest absolute Gasteiger partial charge is 0.308 e. The molecule has 0 radical (unpaired) electrons. The molecule has 0 unspecified atom stereocenters. The first-order chi connectivity index (χ1) is 29.7. The highest BCUT2D eigenvalue weighted by Gasteiger charge is 2.22. The molecular weight excluding hydrogens is 749 g/mol. The van der Waals surface area contributed by atoms with Crippen LogP contribution in [-0.4, -0.2) is 19.4 Å². The van der Waals surface area contributed by atoms with Gasteiger partial charge in [0.15, 0.2) is 17.5 Å². The minimum atomic E-state index is 0.643. The Morgan fingerprint density at radius 3 is 1.72 bits per heavy atom. The molecule has 0 bridgehead atoms. The van der Waals surface area contributed by atoms with E-state index >= 15 is 0 Å². The van der Waals surface area contributed by atoms with Gasteiger partial charge in [-0.3, -0.25) is 0 Å². The molecule has 0 aliphatic carbocycles. The zero-order valence-corrected chi connectivity index (χ0v) is 33.0. The number of nitrogens with zero attached hydrogens (tertiary/aromatic N) is 4. The van der Waals surface area contributed by atoms with Gasteiger partial charge in [-0.05, 0) is 68.7 Å². The second-order valence-electron chi connectivity index (χ2n) is 15.6. The van der Waals surface area contributed by atoms with Crippen LogP contribution in [0.3, 0.4) is 0 Å². The van der Waals surface area contributed by atoms with Gasteiger partial charge < -0.3 is 4.40 Å². The van der Waals surface area contributed by atoms with E-state index in [2.05, 4.69) is 168 Å². The van der Waals surface area contributed by atoms with Crippen molar-refractivity contribution in [2.45, 2.75) is 0 Å². The average Bonchev–Trinajstić information content (AvgIpc) is 3.84. The van der Waals surface area contributed by atoms with Crippen LogP contribution in [0.15, 0.2) is 194 Å².